The maximum atomic E-state index is 12.6. The van der Waals surface area contributed by atoms with E-state index >= 15 is 0 Å². The highest BCUT2D eigenvalue weighted by Crippen LogP contribution is 2.25. The zero-order chi connectivity index (χ0) is 18.1. The van der Waals surface area contributed by atoms with Crippen molar-refractivity contribution in [3.63, 3.8) is 0 Å². The number of rotatable bonds is 4. The number of furan rings is 1. The number of ketones is 1. The number of carbonyl (C=O) groups is 1. The molecule has 2 heterocycles. The minimum atomic E-state index is -4.39. The number of hydrogen-bond acceptors (Lipinski definition) is 3. The van der Waals surface area contributed by atoms with Gasteiger partial charge in [0.05, 0.1) is 0 Å². The first kappa shape index (κ1) is 17.6. The molecule has 0 amide bonds. The number of halogens is 3. The molecule has 0 aliphatic heterocycles. The van der Waals surface area contributed by atoms with Crippen molar-refractivity contribution < 1.29 is 22.4 Å². The maximum absolute atomic E-state index is 12.6. The van der Waals surface area contributed by atoms with Crippen LogP contribution in [0.15, 0.2) is 28.2 Å². The zero-order valence-corrected chi connectivity index (χ0v) is 13.4. The predicted octanol–water partition coefficient (Wildman–Crippen LogP) is 4.36. The number of alkyl halides is 3. The van der Waals surface area contributed by atoms with E-state index in [-0.39, 0.29) is 16.8 Å². The fourth-order valence-electron chi connectivity index (χ4n) is 2.42. The van der Waals surface area contributed by atoms with Gasteiger partial charge in [-0.1, -0.05) is 0 Å². The van der Waals surface area contributed by atoms with Crippen molar-refractivity contribution >= 4 is 11.9 Å². The van der Waals surface area contributed by atoms with Gasteiger partial charge in [0.15, 0.2) is 0 Å². The Labute approximate surface area is 136 Å². The van der Waals surface area contributed by atoms with Crippen molar-refractivity contribution in [3.05, 3.63) is 52.2 Å². The SMILES string of the molecule is Cc1ccc(/C=C(\C#N)C(=O)c2cc(C)n(CC(F)(F)F)c2C)o1. The number of carbonyl (C=O) groups excluding carboxylic acids is 1. The lowest BCUT2D eigenvalue weighted by molar-refractivity contribution is -0.141. The summed E-state index contributed by atoms with van der Waals surface area (Å²) in [5, 5.41) is 9.21. The van der Waals surface area contributed by atoms with Gasteiger partial charge < -0.3 is 8.98 Å². The summed E-state index contributed by atoms with van der Waals surface area (Å²) in [4.78, 5) is 12.5. The van der Waals surface area contributed by atoms with Crippen molar-refractivity contribution in [1.29, 1.82) is 5.26 Å². The van der Waals surface area contributed by atoms with Crippen LogP contribution < -0.4 is 0 Å². The highest BCUT2D eigenvalue weighted by atomic mass is 19.4. The van der Waals surface area contributed by atoms with Crippen LogP contribution in [0.2, 0.25) is 0 Å². The van der Waals surface area contributed by atoms with E-state index < -0.39 is 18.5 Å². The van der Waals surface area contributed by atoms with Crippen LogP contribution in [-0.2, 0) is 6.54 Å². The molecule has 0 atom stereocenters. The third-order valence-electron chi connectivity index (χ3n) is 3.57. The molecule has 126 valence electrons. The summed E-state index contributed by atoms with van der Waals surface area (Å²) in [7, 11) is 0. The molecule has 0 N–H and O–H groups in total. The molecule has 0 aromatic carbocycles. The quantitative estimate of drug-likeness (QED) is 0.473. The van der Waals surface area contributed by atoms with Crippen LogP contribution in [0.4, 0.5) is 13.2 Å². The Morgan fingerprint density at radius 2 is 2.00 bits per heavy atom. The lowest BCUT2D eigenvalue weighted by atomic mass is 10.0. The Morgan fingerprint density at radius 1 is 1.33 bits per heavy atom. The summed E-state index contributed by atoms with van der Waals surface area (Å²) >= 11 is 0. The third-order valence-corrected chi connectivity index (χ3v) is 3.57. The maximum Gasteiger partial charge on any atom is 0.406 e. The molecule has 0 unspecified atom stereocenters. The lowest BCUT2D eigenvalue weighted by Crippen LogP contribution is -2.19. The number of hydrogen-bond donors (Lipinski definition) is 0. The topological polar surface area (TPSA) is 58.9 Å². The molecule has 0 spiro atoms. The monoisotopic (exact) mass is 336 g/mol. The Balaban J connectivity index is 2.40. The van der Waals surface area contributed by atoms with Crippen molar-refractivity contribution in [2.75, 3.05) is 0 Å². The molecule has 2 aromatic rings. The molecule has 0 bridgehead atoms. The standard InChI is InChI=1S/C17H15F3N2O2/c1-10-6-15(12(3)22(10)9-17(18,19)20)16(23)13(8-21)7-14-5-4-11(2)24-14/h4-7H,9H2,1-3H3/b13-7+. The van der Waals surface area contributed by atoms with E-state index in [4.69, 9.17) is 4.42 Å². The Hall–Kier alpha value is -2.75. The molecule has 0 radical (unpaired) electrons. The summed E-state index contributed by atoms with van der Waals surface area (Å²) in [5.41, 5.74) is 0.357. The van der Waals surface area contributed by atoms with Crippen LogP contribution in [-0.4, -0.2) is 16.5 Å². The smallest absolute Gasteiger partial charge is 0.406 e. The number of aryl methyl sites for hydroxylation is 2. The van der Waals surface area contributed by atoms with Gasteiger partial charge in [0, 0.05) is 23.0 Å². The van der Waals surface area contributed by atoms with Crippen LogP contribution in [0.1, 0.15) is 33.3 Å². The number of allylic oxidation sites excluding steroid dienone is 1. The van der Waals surface area contributed by atoms with E-state index in [9.17, 15) is 23.2 Å². The van der Waals surface area contributed by atoms with E-state index in [0.717, 1.165) is 4.57 Å². The van der Waals surface area contributed by atoms with Crippen LogP contribution in [0.5, 0.6) is 0 Å². The molecule has 0 aliphatic rings. The van der Waals surface area contributed by atoms with E-state index in [1.165, 1.54) is 26.0 Å². The summed E-state index contributed by atoms with van der Waals surface area (Å²) in [6.45, 7) is 3.45. The largest absolute Gasteiger partial charge is 0.462 e. The zero-order valence-electron chi connectivity index (χ0n) is 13.4. The van der Waals surface area contributed by atoms with Crippen molar-refractivity contribution in [3.8, 4) is 6.07 Å². The average Bonchev–Trinajstić information content (AvgIpc) is 3.01. The lowest BCUT2D eigenvalue weighted by Gasteiger charge is -2.12. The molecule has 0 aliphatic carbocycles. The molecule has 4 nitrogen and oxygen atoms in total. The highest BCUT2D eigenvalue weighted by molar-refractivity contribution is 6.14. The van der Waals surface area contributed by atoms with Crippen LogP contribution >= 0.6 is 0 Å². The van der Waals surface area contributed by atoms with Gasteiger partial charge >= 0.3 is 6.18 Å². The van der Waals surface area contributed by atoms with Gasteiger partial charge in [0.1, 0.15) is 29.7 Å². The van der Waals surface area contributed by atoms with Crippen molar-refractivity contribution in [2.45, 2.75) is 33.5 Å². The molecule has 7 heteroatoms. The van der Waals surface area contributed by atoms with Gasteiger partial charge in [-0.2, -0.15) is 18.4 Å². The van der Waals surface area contributed by atoms with E-state index in [1.54, 1.807) is 25.1 Å². The van der Waals surface area contributed by atoms with Crippen LogP contribution in [0.3, 0.4) is 0 Å². The summed E-state index contributed by atoms with van der Waals surface area (Å²) < 4.78 is 44.2. The Morgan fingerprint density at radius 3 is 2.50 bits per heavy atom. The van der Waals surface area contributed by atoms with Crippen molar-refractivity contribution in [1.82, 2.24) is 4.57 Å². The van der Waals surface area contributed by atoms with Gasteiger partial charge in [-0.05, 0) is 39.0 Å². The molecule has 2 rings (SSSR count). The Kier molecular flexibility index (Phi) is 4.69. The van der Waals surface area contributed by atoms with E-state index in [0.29, 0.717) is 17.2 Å². The fraction of sp³-hybridized carbons (Fsp3) is 0.294. The second-order valence-electron chi connectivity index (χ2n) is 5.43. The van der Waals surface area contributed by atoms with E-state index in [2.05, 4.69) is 0 Å². The molecule has 0 fully saturated rings. The number of nitriles is 1. The second kappa shape index (κ2) is 6.40. The molecule has 2 aromatic heterocycles. The first-order chi connectivity index (χ1) is 11.1. The molecular formula is C17H15F3N2O2. The highest BCUT2D eigenvalue weighted by Gasteiger charge is 2.30. The Bertz CT molecular complexity index is 848. The van der Waals surface area contributed by atoms with Crippen LogP contribution in [0.25, 0.3) is 6.08 Å². The summed E-state index contributed by atoms with van der Waals surface area (Å²) in [6, 6.07) is 6.43. The minimum Gasteiger partial charge on any atom is -0.462 e. The number of Topliss-reactive ketones (excluding diaryl/α,β-unsaturated/α-hetero) is 1. The van der Waals surface area contributed by atoms with Crippen molar-refractivity contribution in [2.24, 2.45) is 0 Å². The minimum absolute atomic E-state index is 0.0767. The normalized spacial score (nSPS) is 12.3. The number of nitrogens with zero attached hydrogens (tertiary/aromatic N) is 2. The first-order valence-electron chi connectivity index (χ1n) is 7.09. The van der Waals surface area contributed by atoms with Gasteiger partial charge in [-0.25, -0.2) is 0 Å². The summed E-state index contributed by atoms with van der Waals surface area (Å²) in [6.07, 6.45) is -3.11. The first-order valence-corrected chi connectivity index (χ1v) is 7.09. The van der Waals surface area contributed by atoms with Gasteiger partial charge in [-0.3, -0.25) is 4.79 Å². The molecule has 0 saturated carbocycles. The van der Waals surface area contributed by atoms with Crippen LogP contribution in [0, 0.1) is 32.1 Å². The predicted molar refractivity (Wildman–Crippen MR) is 81.3 cm³/mol. The molecular weight excluding hydrogens is 321 g/mol. The third kappa shape index (κ3) is 3.77. The van der Waals surface area contributed by atoms with Gasteiger partial charge in [-0.15, -0.1) is 0 Å². The fourth-order valence-corrected chi connectivity index (χ4v) is 2.42. The van der Waals surface area contributed by atoms with Gasteiger partial charge in [0.25, 0.3) is 0 Å². The van der Waals surface area contributed by atoms with Gasteiger partial charge in [0.2, 0.25) is 5.78 Å². The molecule has 0 saturated heterocycles. The second-order valence-corrected chi connectivity index (χ2v) is 5.43. The summed E-state index contributed by atoms with van der Waals surface area (Å²) in [5.74, 6) is 0.323. The van der Waals surface area contributed by atoms with E-state index in [1.807, 2.05) is 0 Å². The average molecular weight is 336 g/mol. The number of aromatic nitrogens is 1. The molecule has 24 heavy (non-hydrogen) atoms.